The standard InChI is InChI=1S/C24H18FN5O2/c1-15-20-4-2-3-5-21(20)23-28-27-22(30(23)29-15)14-32-19-12-10-18(11-13-19)26-24(31)16-6-8-17(25)9-7-16/h2-13H,14H2,1H3,(H,26,31). The van der Waals surface area contributed by atoms with Crippen LogP contribution in [0, 0.1) is 12.7 Å². The maximum absolute atomic E-state index is 13.0. The van der Waals surface area contributed by atoms with E-state index in [0.29, 0.717) is 28.5 Å². The van der Waals surface area contributed by atoms with Crippen LogP contribution in [-0.4, -0.2) is 25.7 Å². The first-order valence-electron chi connectivity index (χ1n) is 9.98. The minimum absolute atomic E-state index is 0.188. The van der Waals surface area contributed by atoms with Gasteiger partial charge in [0.15, 0.2) is 11.5 Å². The van der Waals surface area contributed by atoms with Gasteiger partial charge in [-0.2, -0.15) is 9.61 Å². The predicted molar refractivity (Wildman–Crippen MR) is 118 cm³/mol. The molecular weight excluding hydrogens is 409 g/mol. The molecule has 5 rings (SSSR count). The lowest BCUT2D eigenvalue weighted by Gasteiger charge is -2.08. The second-order valence-electron chi connectivity index (χ2n) is 7.26. The van der Waals surface area contributed by atoms with Crippen molar-refractivity contribution in [3.05, 3.63) is 95.7 Å². The average Bonchev–Trinajstić information content (AvgIpc) is 3.22. The molecule has 0 radical (unpaired) electrons. The molecule has 5 aromatic rings. The largest absolute Gasteiger partial charge is 0.486 e. The maximum Gasteiger partial charge on any atom is 0.255 e. The van der Waals surface area contributed by atoms with Crippen molar-refractivity contribution >= 4 is 28.0 Å². The summed E-state index contributed by atoms with van der Waals surface area (Å²) in [7, 11) is 0. The summed E-state index contributed by atoms with van der Waals surface area (Å²) in [6, 6.07) is 20.3. The molecular formula is C24H18FN5O2. The Morgan fingerprint density at radius 3 is 2.44 bits per heavy atom. The third kappa shape index (κ3) is 3.74. The predicted octanol–water partition coefficient (Wildman–Crippen LogP) is 4.56. The average molecular weight is 427 g/mol. The maximum atomic E-state index is 13.0. The summed E-state index contributed by atoms with van der Waals surface area (Å²) in [6.07, 6.45) is 0. The number of nitrogens with zero attached hydrogens (tertiary/aromatic N) is 4. The van der Waals surface area contributed by atoms with Crippen LogP contribution < -0.4 is 10.1 Å². The summed E-state index contributed by atoms with van der Waals surface area (Å²) in [4.78, 5) is 12.2. The van der Waals surface area contributed by atoms with Crippen LogP contribution in [0.15, 0.2) is 72.8 Å². The summed E-state index contributed by atoms with van der Waals surface area (Å²) in [6.45, 7) is 2.14. The molecule has 0 saturated heterocycles. The van der Waals surface area contributed by atoms with E-state index in [1.54, 1.807) is 28.8 Å². The second-order valence-corrected chi connectivity index (χ2v) is 7.26. The quantitative estimate of drug-likeness (QED) is 0.445. The summed E-state index contributed by atoms with van der Waals surface area (Å²) in [5.74, 6) is 0.492. The number of halogens is 1. The number of aromatic nitrogens is 4. The Balaban J connectivity index is 1.29. The zero-order valence-corrected chi connectivity index (χ0v) is 17.1. The zero-order chi connectivity index (χ0) is 22.1. The Morgan fingerprint density at radius 1 is 0.969 bits per heavy atom. The molecule has 0 aliphatic carbocycles. The van der Waals surface area contributed by atoms with Crippen LogP contribution in [0.25, 0.3) is 16.4 Å². The van der Waals surface area contributed by atoms with Gasteiger partial charge in [0.1, 0.15) is 18.2 Å². The molecule has 0 aliphatic heterocycles. The van der Waals surface area contributed by atoms with Crippen LogP contribution in [0.5, 0.6) is 5.75 Å². The van der Waals surface area contributed by atoms with Crippen LogP contribution in [-0.2, 0) is 6.61 Å². The Morgan fingerprint density at radius 2 is 1.69 bits per heavy atom. The van der Waals surface area contributed by atoms with E-state index in [1.807, 2.05) is 31.2 Å². The number of anilines is 1. The highest BCUT2D eigenvalue weighted by Gasteiger charge is 2.13. The summed E-state index contributed by atoms with van der Waals surface area (Å²) in [5, 5.41) is 17.9. The fraction of sp³-hybridized carbons (Fsp3) is 0.0833. The number of aryl methyl sites for hydroxylation is 1. The van der Waals surface area contributed by atoms with Crippen molar-refractivity contribution in [2.45, 2.75) is 13.5 Å². The number of hydrogen-bond acceptors (Lipinski definition) is 5. The number of rotatable bonds is 5. The van der Waals surface area contributed by atoms with E-state index in [9.17, 15) is 9.18 Å². The van der Waals surface area contributed by atoms with Crippen molar-refractivity contribution in [3.8, 4) is 5.75 Å². The van der Waals surface area contributed by atoms with E-state index in [1.165, 1.54) is 24.3 Å². The zero-order valence-electron chi connectivity index (χ0n) is 17.1. The highest BCUT2D eigenvalue weighted by Crippen LogP contribution is 2.22. The SMILES string of the molecule is Cc1nn2c(COc3ccc(NC(=O)c4ccc(F)cc4)cc3)nnc2c2ccccc12. The molecule has 1 amide bonds. The highest BCUT2D eigenvalue weighted by molar-refractivity contribution is 6.04. The van der Waals surface area contributed by atoms with Crippen LogP contribution in [0.1, 0.15) is 21.9 Å². The van der Waals surface area contributed by atoms with Gasteiger partial charge in [0.05, 0.1) is 5.69 Å². The summed E-state index contributed by atoms with van der Waals surface area (Å²) in [5.41, 5.74) is 2.54. The molecule has 158 valence electrons. The van der Waals surface area contributed by atoms with Gasteiger partial charge >= 0.3 is 0 Å². The lowest BCUT2D eigenvalue weighted by atomic mass is 10.1. The Labute approximate surface area is 182 Å². The number of carbonyl (C=O) groups excluding carboxylic acids is 1. The normalized spacial score (nSPS) is 11.1. The molecule has 1 N–H and O–H groups in total. The third-order valence-electron chi connectivity index (χ3n) is 5.10. The number of nitrogens with one attached hydrogen (secondary N) is 1. The highest BCUT2D eigenvalue weighted by atomic mass is 19.1. The van der Waals surface area contributed by atoms with E-state index in [4.69, 9.17) is 4.74 Å². The van der Waals surface area contributed by atoms with Crippen molar-refractivity contribution in [2.75, 3.05) is 5.32 Å². The smallest absolute Gasteiger partial charge is 0.255 e. The molecule has 0 saturated carbocycles. The fourth-order valence-corrected chi connectivity index (χ4v) is 3.46. The van der Waals surface area contributed by atoms with Crippen LogP contribution in [0.2, 0.25) is 0 Å². The van der Waals surface area contributed by atoms with E-state index in [0.717, 1.165) is 16.5 Å². The van der Waals surface area contributed by atoms with Crippen molar-refractivity contribution in [3.63, 3.8) is 0 Å². The second kappa shape index (κ2) is 8.07. The van der Waals surface area contributed by atoms with E-state index < -0.39 is 0 Å². The minimum Gasteiger partial charge on any atom is -0.486 e. The van der Waals surface area contributed by atoms with Gasteiger partial charge in [-0.1, -0.05) is 24.3 Å². The molecule has 32 heavy (non-hydrogen) atoms. The first kappa shape index (κ1) is 19.6. The number of benzene rings is 3. The molecule has 2 heterocycles. The molecule has 0 aliphatic rings. The molecule has 0 atom stereocenters. The fourth-order valence-electron chi connectivity index (χ4n) is 3.46. The lowest BCUT2D eigenvalue weighted by molar-refractivity contribution is 0.102. The monoisotopic (exact) mass is 427 g/mol. The molecule has 0 fully saturated rings. The molecule has 7 nitrogen and oxygen atoms in total. The van der Waals surface area contributed by atoms with Crippen molar-refractivity contribution < 1.29 is 13.9 Å². The summed E-state index contributed by atoms with van der Waals surface area (Å²) < 4.78 is 20.6. The van der Waals surface area contributed by atoms with Crippen molar-refractivity contribution in [1.82, 2.24) is 19.8 Å². The van der Waals surface area contributed by atoms with Gasteiger partial charge in [0.25, 0.3) is 5.91 Å². The number of amides is 1. The molecule has 8 heteroatoms. The molecule has 0 spiro atoms. The van der Waals surface area contributed by atoms with Crippen LogP contribution in [0.3, 0.4) is 0 Å². The summed E-state index contributed by atoms with van der Waals surface area (Å²) >= 11 is 0. The van der Waals surface area contributed by atoms with Gasteiger partial charge in [0.2, 0.25) is 0 Å². The van der Waals surface area contributed by atoms with Gasteiger partial charge in [0, 0.05) is 22.0 Å². The Kier molecular flexibility index (Phi) is 4.95. The van der Waals surface area contributed by atoms with E-state index in [-0.39, 0.29) is 18.3 Å². The van der Waals surface area contributed by atoms with Crippen molar-refractivity contribution in [1.29, 1.82) is 0 Å². The number of hydrogen-bond donors (Lipinski definition) is 1. The topological polar surface area (TPSA) is 81.4 Å². The third-order valence-corrected chi connectivity index (χ3v) is 5.10. The van der Waals surface area contributed by atoms with Crippen molar-refractivity contribution in [2.24, 2.45) is 0 Å². The van der Waals surface area contributed by atoms with Gasteiger partial charge < -0.3 is 10.1 Å². The van der Waals surface area contributed by atoms with E-state index >= 15 is 0 Å². The number of ether oxygens (including phenoxy) is 1. The lowest BCUT2D eigenvalue weighted by Crippen LogP contribution is -2.11. The van der Waals surface area contributed by atoms with Crippen LogP contribution >= 0.6 is 0 Å². The van der Waals surface area contributed by atoms with E-state index in [2.05, 4.69) is 20.6 Å². The minimum atomic E-state index is -0.387. The number of fused-ring (bicyclic) bond motifs is 3. The van der Waals surface area contributed by atoms with Gasteiger partial charge in [-0.15, -0.1) is 10.2 Å². The molecule has 0 unspecified atom stereocenters. The van der Waals surface area contributed by atoms with Gasteiger partial charge in [-0.25, -0.2) is 4.39 Å². The number of carbonyl (C=O) groups is 1. The molecule has 2 aromatic heterocycles. The van der Waals surface area contributed by atoms with Gasteiger partial charge in [-0.05, 0) is 55.5 Å². The Hall–Kier alpha value is -4.33. The first-order chi connectivity index (χ1) is 15.6. The molecule has 3 aromatic carbocycles. The Bertz CT molecular complexity index is 1430. The van der Waals surface area contributed by atoms with Crippen LogP contribution in [0.4, 0.5) is 10.1 Å². The first-order valence-corrected chi connectivity index (χ1v) is 9.98. The van der Waals surface area contributed by atoms with Gasteiger partial charge in [-0.3, -0.25) is 4.79 Å². The molecule has 0 bridgehead atoms.